The lowest BCUT2D eigenvalue weighted by Crippen LogP contribution is -2.33. The second kappa shape index (κ2) is 10.1. The van der Waals surface area contributed by atoms with Gasteiger partial charge in [-0.15, -0.1) is 0 Å². The molecule has 2 N–H and O–H groups in total. The van der Waals surface area contributed by atoms with Crippen molar-refractivity contribution in [3.8, 4) is 0 Å². The van der Waals surface area contributed by atoms with Gasteiger partial charge in [-0.05, 0) is 47.6 Å². The molecule has 2 atom stereocenters. The SMILES string of the molecule is CC(=O)n1cc([C@H]2C=C(C(=O)NCC3CC3)O[C@@H](OCc3ccc(CO)cc3)C2)c2ccccc21. The number of fused-ring (bicyclic) bond motifs is 1. The van der Waals surface area contributed by atoms with Crippen LogP contribution in [0.2, 0.25) is 0 Å². The molecule has 7 heteroatoms. The fraction of sp³-hybridized carbons (Fsp3) is 0.357. The minimum atomic E-state index is -0.622. The molecule has 2 heterocycles. The van der Waals surface area contributed by atoms with Gasteiger partial charge in [0.1, 0.15) is 0 Å². The monoisotopic (exact) mass is 474 g/mol. The Morgan fingerprint density at radius 1 is 1.11 bits per heavy atom. The number of aliphatic hydroxyl groups is 1. The van der Waals surface area contributed by atoms with Crippen LogP contribution in [-0.4, -0.2) is 34.3 Å². The van der Waals surface area contributed by atoms with E-state index >= 15 is 0 Å². The van der Waals surface area contributed by atoms with Gasteiger partial charge in [-0.2, -0.15) is 0 Å². The summed E-state index contributed by atoms with van der Waals surface area (Å²) >= 11 is 0. The Hall–Kier alpha value is -3.42. The third-order valence-corrected chi connectivity index (χ3v) is 6.65. The molecule has 1 fully saturated rings. The van der Waals surface area contributed by atoms with E-state index < -0.39 is 6.29 Å². The number of nitrogens with one attached hydrogen (secondary N) is 1. The molecule has 0 unspecified atom stereocenters. The molecule has 1 aliphatic heterocycles. The zero-order chi connectivity index (χ0) is 24.4. The van der Waals surface area contributed by atoms with Crippen molar-refractivity contribution in [2.24, 2.45) is 5.92 Å². The van der Waals surface area contributed by atoms with Crippen LogP contribution >= 0.6 is 0 Å². The van der Waals surface area contributed by atoms with Crippen molar-refractivity contribution < 1.29 is 24.2 Å². The molecule has 2 aliphatic rings. The van der Waals surface area contributed by atoms with Crippen molar-refractivity contribution in [2.75, 3.05) is 6.54 Å². The number of nitrogens with zero attached hydrogens (tertiary/aromatic N) is 1. The van der Waals surface area contributed by atoms with E-state index in [1.54, 1.807) is 11.5 Å². The summed E-state index contributed by atoms with van der Waals surface area (Å²) in [6.07, 6.45) is 5.90. The number of amides is 1. The van der Waals surface area contributed by atoms with Crippen molar-refractivity contribution in [1.29, 1.82) is 0 Å². The summed E-state index contributed by atoms with van der Waals surface area (Å²) in [5.41, 5.74) is 3.59. The molecule has 0 spiro atoms. The lowest BCUT2D eigenvalue weighted by molar-refractivity contribution is -0.150. The van der Waals surface area contributed by atoms with Gasteiger partial charge in [0.15, 0.2) is 5.76 Å². The van der Waals surface area contributed by atoms with Gasteiger partial charge in [0, 0.05) is 37.4 Å². The van der Waals surface area contributed by atoms with Gasteiger partial charge >= 0.3 is 0 Å². The topological polar surface area (TPSA) is 89.8 Å². The van der Waals surface area contributed by atoms with E-state index in [4.69, 9.17) is 9.47 Å². The Bertz CT molecular complexity index is 1260. The molecule has 5 rings (SSSR count). The number of carbonyl (C=O) groups excluding carboxylic acids is 2. The average molecular weight is 475 g/mol. The lowest BCUT2D eigenvalue weighted by atomic mass is 9.92. The molecule has 35 heavy (non-hydrogen) atoms. The zero-order valence-electron chi connectivity index (χ0n) is 19.8. The highest BCUT2D eigenvalue weighted by atomic mass is 16.7. The zero-order valence-corrected chi connectivity index (χ0v) is 19.8. The second-order valence-corrected chi connectivity index (χ2v) is 9.35. The van der Waals surface area contributed by atoms with Crippen LogP contribution in [0.1, 0.15) is 53.6 Å². The number of aliphatic hydroxyl groups excluding tert-OH is 1. The Labute approximate surface area is 204 Å². The first kappa shape index (κ1) is 23.3. The number of ether oxygens (including phenoxy) is 2. The van der Waals surface area contributed by atoms with E-state index in [-0.39, 0.29) is 30.1 Å². The van der Waals surface area contributed by atoms with Crippen LogP contribution in [0, 0.1) is 5.92 Å². The Morgan fingerprint density at radius 2 is 1.86 bits per heavy atom. The average Bonchev–Trinajstić information content (AvgIpc) is 3.63. The summed E-state index contributed by atoms with van der Waals surface area (Å²) in [5, 5.41) is 13.2. The molecule has 1 aliphatic carbocycles. The van der Waals surface area contributed by atoms with Crippen LogP contribution in [0.3, 0.4) is 0 Å². The van der Waals surface area contributed by atoms with Crippen molar-refractivity contribution >= 4 is 22.7 Å². The standard InChI is InChI=1S/C28H30N2O5/c1-18(32)30-15-24(23-4-2-3-5-25(23)30)22-12-26(28(33)29-14-19-6-7-19)35-27(13-22)34-17-21-10-8-20(16-31)9-11-21/h2-5,8-12,15,19,22,27,31H,6-7,13-14,16-17H2,1H3,(H,29,33)/t22-,27+/m0/s1. The van der Waals surface area contributed by atoms with Crippen LogP contribution in [0.5, 0.6) is 0 Å². The van der Waals surface area contributed by atoms with Gasteiger partial charge < -0.3 is 19.9 Å². The molecule has 1 aromatic heterocycles. The summed E-state index contributed by atoms with van der Waals surface area (Å²) in [7, 11) is 0. The third kappa shape index (κ3) is 5.31. The van der Waals surface area contributed by atoms with Gasteiger partial charge in [-0.25, -0.2) is 0 Å². The molecule has 7 nitrogen and oxygen atoms in total. The Morgan fingerprint density at radius 3 is 2.57 bits per heavy atom. The minimum absolute atomic E-state index is 0.00740. The molecule has 1 saturated carbocycles. The molecular formula is C28H30N2O5. The maximum absolute atomic E-state index is 12.9. The van der Waals surface area contributed by atoms with Crippen molar-refractivity contribution in [3.05, 3.63) is 83.3 Å². The third-order valence-electron chi connectivity index (χ3n) is 6.65. The second-order valence-electron chi connectivity index (χ2n) is 9.35. The van der Waals surface area contributed by atoms with Crippen molar-refractivity contribution in [3.63, 3.8) is 0 Å². The first-order valence-corrected chi connectivity index (χ1v) is 12.1. The van der Waals surface area contributed by atoms with Gasteiger partial charge in [0.25, 0.3) is 5.91 Å². The summed E-state index contributed by atoms with van der Waals surface area (Å²) in [6.45, 7) is 2.50. The summed E-state index contributed by atoms with van der Waals surface area (Å²) in [5.74, 6) is 0.351. The number of hydrogen-bond donors (Lipinski definition) is 2. The van der Waals surface area contributed by atoms with Crippen LogP contribution in [0.15, 0.2) is 66.6 Å². The van der Waals surface area contributed by atoms with Gasteiger partial charge in [-0.1, -0.05) is 42.5 Å². The molecule has 1 amide bonds. The van der Waals surface area contributed by atoms with Crippen LogP contribution in [0.25, 0.3) is 10.9 Å². The predicted molar refractivity (Wildman–Crippen MR) is 131 cm³/mol. The van der Waals surface area contributed by atoms with E-state index in [1.165, 1.54) is 0 Å². The smallest absolute Gasteiger partial charge is 0.286 e. The maximum atomic E-state index is 12.9. The van der Waals surface area contributed by atoms with Gasteiger partial charge in [0.2, 0.25) is 12.2 Å². The van der Waals surface area contributed by atoms with E-state index in [0.29, 0.717) is 25.5 Å². The molecule has 0 radical (unpaired) electrons. The van der Waals surface area contributed by atoms with Crippen LogP contribution in [-0.2, 0) is 27.5 Å². The highest BCUT2D eigenvalue weighted by molar-refractivity contribution is 5.95. The molecule has 182 valence electrons. The molecule has 3 aromatic rings. The number of allylic oxidation sites excluding steroid dienone is 1. The number of carbonyl (C=O) groups is 2. The highest BCUT2D eigenvalue weighted by Gasteiger charge is 2.31. The van der Waals surface area contributed by atoms with Gasteiger partial charge in [0.05, 0.1) is 18.7 Å². The number of para-hydroxylation sites is 1. The fourth-order valence-electron chi connectivity index (χ4n) is 4.47. The Balaban J connectivity index is 1.40. The quantitative estimate of drug-likeness (QED) is 0.510. The first-order valence-electron chi connectivity index (χ1n) is 12.1. The largest absolute Gasteiger partial charge is 0.459 e. The summed E-state index contributed by atoms with van der Waals surface area (Å²) in [6, 6.07) is 15.3. The van der Waals surface area contributed by atoms with Crippen molar-refractivity contribution in [1.82, 2.24) is 9.88 Å². The summed E-state index contributed by atoms with van der Waals surface area (Å²) < 4.78 is 13.8. The van der Waals surface area contributed by atoms with Gasteiger partial charge in [-0.3, -0.25) is 14.2 Å². The number of aromatic nitrogens is 1. The first-order chi connectivity index (χ1) is 17.0. The summed E-state index contributed by atoms with van der Waals surface area (Å²) in [4.78, 5) is 25.2. The fourth-order valence-corrected chi connectivity index (χ4v) is 4.47. The molecular weight excluding hydrogens is 444 g/mol. The highest BCUT2D eigenvalue weighted by Crippen LogP contribution is 2.37. The lowest BCUT2D eigenvalue weighted by Gasteiger charge is -2.29. The van der Waals surface area contributed by atoms with Crippen LogP contribution in [0.4, 0.5) is 0 Å². The molecule has 0 bridgehead atoms. The maximum Gasteiger partial charge on any atom is 0.286 e. The van der Waals surface area contributed by atoms with E-state index in [1.807, 2.05) is 60.8 Å². The molecule has 0 saturated heterocycles. The van der Waals surface area contributed by atoms with E-state index in [2.05, 4.69) is 5.32 Å². The Kier molecular flexibility index (Phi) is 6.70. The number of benzene rings is 2. The normalized spacial score (nSPS) is 19.8. The molecule has 2 aromatic carbocycles. The predicted octanol–water partition coefficient (Wildman–Crippen LogP) is 4.25. The van der Waals surface area contributed by atoms with E-state index in [9.17, 15) is 14.7 Å². The number of hydrogen-bond acceptors (Lipinski definition) is 5. The van der Waals surface area contributed by atoms with E-state index in [0.717, 1.165) is 40.4 Å². The minimum Gasteiger partial charge on any atom is -0.459 e. The number of rotatable bonds is 8. The van der Waals surface area contributed by atoms with Crippen LogP contribution < -0.4 is 5.32 Å². The van der Waals surface area contributed by atoms with Crippen molar-refractivity contribution in [2.45, 2.75) is 51.6 Å².